The highest BCUT2D eigenvalue weighted by molar-refractivity contribution is 5.71. The molecule has 2 fully saturated rings. The zero-order valence-corrected chi connectivity index (χ0v) is 24.6. The van der Waals surface area contributed by atoms with E-state index in [1.807, 2.05) is 39.0 Å². The first-order valence-electron chi connectivity index (χ1n) is 14.4. The molecule has 2 aromatic heterocycles. The van der Waals surface area contributed by atoms with Crippen LogP contribution in [-0.2, 0) is 15.6 Å². The Balaban J connectivity index is 0.000000180. The van der Waals surface area contributed by atoms with Crippen molar-refractivity contribution in [2.75, 3.05) is 0 Å². The number of aromatic nitrogens is 2. The molecule has 2 aliphatic carbocycles. The maximum absolute atomic E-state index is 12.5. The average molecular weight is 572 g/mol. The van der Waals surface area contributed by atoms with Crippen LogP contribution in [0.5, 0.6) is 0 Å². The van der Waals surface area contributed by atoms with Crippen LogP contribution >= 0.6 is 0 Å². The van der Waals surface area contributed by atoms with Crippen molar-refractivity contribution in [3.63, 3.8) is 0 Å². The van der Waals surface area contributed by atoms with Crippen LogP contribution in [0, 0.1) is 47.6 Å². The number of piperidine rings is 1. The molecule has 2 aliphatic heterocycles. The van der Waals surface area contributed by atoms with Crippen LogP contribution in [0.4, 0.5) is 16.2 Å². The number of carbonyl (C=O) groups is 1. The first kappa shape index (κ1) is 29.5. The maximum atomic E-state index is 12.5. The highest BCUT2D eigenvalue weighted by Crippen LogP contribution is 2.49. The molecule has 0 aromatic carbocycles. The molecule has 1 saturated carbocycles. The average Bonchev–Trinajstić information content (AvgIpc) is 3.50. The number of carbonyl (C=O) groups excluding carboxylic acids is 1. The van der Waals surface area contributed by atoms with Crippen molar-refractivity contribution in [3.8, 4) is 12.1 Å². The number of rotatable bonds is 2. The summed E-state index contributed by atoms with van der Waals surface area (Å²) in [4.78, 5) is 29.3. The molecule has 6 atom stereocenters. The van der Waals surface area contributed by atoms with Gasteiger partial charge >= 0.3 is 6.09 Å². The number of ether oxygens (including phenoxy) is 1. The van der Waals surface area contributed by atoms with Crippen molar-refractivity contribution in [2.24, 2.45) is 11.8 Å². The largest absolute Gasteiger partial charge is 0.444 e. The molecule has 4 heterocycles. The molecule has 0 spiro atoms. The minimum Gasteiger partial charge on any atom is -0.444 e. The Kier molecular flexibility index (Phi) is 7.79. The van der Waals surface area contributed by atoms with Crippen LogP contribution in [0.2, 0.25) is 0 Å². The molecule has 216 valence electrons. The van der Waals surface area contributed by atoms with E-state index in [1.165, 1.54) is 12.6 Å². The van der Waals surface area contributed by atoms with Crippen LogP contribution < -0.4 is 0 Å². The van der Waals surface area contributed by atoms with Gasteiger partial charge in [-0.05, 0) is 88.0 Å². The Bertz CT molecular complexity index is 1610. The summed E-state index contributed by atoms with van der Waals surface area (Å²) in [7, 11) is 0. The Hall–Kier alpha value is -4.99. The number of allylic oxidation sites excluding steroid dienone is 2. The molecule has 4 bridgehead atoms. The summed E-state index contributed by atoms with van der Waals surface area (Å²) in [5, 5.41) is 19.6. The van der Waals surface area contributed by atoms with E-state index in [0.717, 1.165) is 24.0 Å². The van der Waals surface area contributed by atoms with Crippen LogP contribution in [0.3, 0.4) is 0 Å². The number of nitriles is 2. The van der Waals surface area contributed by atoms with E-state index in [4.69, 9.17) is 17.9 Å². The second-order valence-electron chi connectivity index (χ2n) is 12.8. The molecule has 0 N–H and O–H groups in total. The Morgan fingerprint density at radius 3 is 1.74 bits per heavy atom. The second kappa shape index (κ2) is 11.4. The zero-order chi connectivity index (χ0) is 30.8. The summed E-state index contributed by atoms with van der Waals surface area (Å²) in [5.74, 6) is 1.03. The predicted octanol–water partition coefficient (Wildman–Crippen LogP) is 7.11. The van der Waals surface area contributed by atoms with Gasteiger partial charge in [-0.3, -0.25) is 14.9 Å². The third-order valence-corrected chi connectivity index (χ3v) is 8.71. The maximum Gasteiger partial charge on any atom is 0.411 e. The zero-order valence-electron chi connectivity index (χ0n) is 24.6. The van der Waals surface area contributed by atoms with Gasteiger partial charge in [-0.2, -0.15) is 10.5 Å². The minimum absolute atomic E-state index is 0.190. The molecule has 9 heteroatoms. The highest BCUT2D eigenvalue weighted by atomic mass is 16.6. The Morgan fingerprint density at radius 1 is 0.860 bits per heavy atom. The first-order chi connectivity index (χ1) is 20.5. The number of pyridine rings is 2. The fraction of sp³-hybridized carbons (Fsp3) is 0.441. The summed E-state index contributed by atoms with van der Waals surface area (Å²) in [5.41, 5.74) is 0.822. The monoisotopic (exact) mass is 571 g/mol. The molecule has 4 aliphatic rings. The number of amides is 1. The molecule has 1 saturated heterocycles. The normalized spacial score (nSPS) is 29.7. The lowest BCUT2D eigenvalue weighted by molar-refractivity contribution is 0.00562. The summed E-state index contributed by atoms with van der Waals surface area (Å²) >= 11 is 0. The molecule has 2 aromatic rings. The fourth-order valence-corrected chi connectivity index (χ4v) is 6.83. The number of fused-ring (bicyclic) bond motifs is 4. The van der Waals surface area contributed by atoms with E-state index in [9.17, 15) is 15.3 Å². The lowest BCUT2D eigenvalue weighted by Gasteiger charge is -2.43. The predicted molar refractivity (Wildman–Crippen MR) is 160 cm³/mol. The van der Waals surface area contributed by atoms with Gasteiger partial charge in [-0.15, -0.1) is 0 Å². The van der Waals surface area contributed by atoms with E-state index in [1.54, 1.807) is 29.6 Å². The van der Waals surface area contributed by atoms with Gasteiger partial charge in [0.05, 0.1) is 48.2 Å². The van der Waals surface area contributed by atoms with E-state index < -0.39 is 16.4 Å². The van der Waals surface area contributed by atoms with Gasteiger partial charge in [0.15, 0.2) is 0 Å². The van der Waals surface area contributed by atoms with Crippen molar-refractivity contribution in [1.29, 1.82) is 10.5 Å². The van der Waals surface area contributed by atoms with Crippen LogP contribution in [0.25, 0.3) is 9.69 Å². The van der Waals surface area contributed by atoms with Gasteiger partial charge in [-0.1, -0.05) is 24.3 Å². The molecular formula is C34H33N7O2. The van der Waals surface area contributed by atoms with Crippen LogP contribution in [-0.4, -0.2) is 38.6 Å². The number of nitrogens with zero attached hydrogens (tertiary/aromatic N) is 7. The van der Waals surface area contributed by atoms with Crippen molar-refractivity contribution >= 4 is 17.5 Å². The Labute approximate surface area is 252 Å². The van der Waals surface area contributed by atoms with Gasteiger partial charge in [0.1, 0.15) is 5.60 Å². The van der Waals surface area contributed by atoms with E-state index in [-0.39, 0.29) is 18.2 Å². The summed E-state index contributed by atoms with van der Waals surface area (Å²) in [6.45, 7) is 19.7. The standard InChI is InChI=1S/C19H20N4O2.C15H13N3/c1-18(2,3)25-17(24)23-15-5-6-16(23)9-19(8-15,12-20)13-7-14(21-4)11-22-10-13;1-17-14-5-13(8-18-9-14)15(10-16)6-11-2-3-12(4-11)7-15/h5-7,10-11,15-16H,8-9H2,1-3H3;2-3,5,8-9,11-12H,4,6-7H2/t15-,16+,19?;11-,12+,15?. The Morgan fingerprint density at radius 2 is 1.33 bits per heavy atom. The third-order valence-electron chi connectivity index (χ3n) is 8.71. The quantitative estimate of drug-likeness (QED) is 0.280. The van der Waals surface area contributed by atoms with Crippen LogP contribution in [0.15, 0.2) is 61.2 Å². The summed E-state index contributed by atoms with van der Waals surface area (Å²) in [6, 6.07) is 8.11. The molecule has 6 rings (SSSR count). The summed E-state index contributed by atoms with van der Waals surface area (Å²) in [6.07, 6.45) is 18.4. The van der Waals surface area contributed by atoms with Gasteiger partial charge in [0.2, 0.25) is 11.4 Å². The van der Waals surface area contributed by atoms with Gasteiger partial charge in [0.25, 0.3) is 0 Å². The SMILES string of the molecule is [C-]#[N+]c1cncc(C2(C#N)C[C@@H]3C=C[C@@H](C3)C2)c1.[C-]#[N+]c1cncc(C2(C#N)C[C@H]3C=C[C@@H](C2)N3C(=O)OC(C)(C)C)c1. The minimum atomic E-state index is -0.759. The first-order valence-corrected chi connectivity index (χ1v) is 14.4. The highest BCUT2D eigenvalue weighted by Gasteiger charge is 2.50. The molecule has 1 amide bonds. The molecule has 0 radical (unpaired) electrons. The third kappa shape index (κ3) is 5.86. The van der Waals surface area contributed by atoms with Gasteiger partial charge in [-0.25, -0.2) is 14.5 Å². The molecule has 2 unspecified atom stereocenters. The molecule has 9 nitrogen and oxygen atoms in total. The lowest BCUT2D eigenvalue weighted by Crippen LogP contribution is -2.53. The van der Waals surface area contributed by atoms with Gasteiger partial charge in [0, 0.05) is 24.8 Å². The van der Waals surface area contributed by atoms with E-state index >= 15 is 0 Å². The van der Waals surface area contributed by atoms with Gasteiger partial charge < -0.3 is 4.74 Å². The van der Waals surface area contributed by atoms with Crippen molar-refractivity contribution in [2.45, 2.75) is 81.4 Å². The second-order valence-corrected chi connectivity index (χ2v) is 12.8. The van der Waals surface area contributed by atoms with E-state index in [0.29, 0.717) is 36.1 Å². The van der Waals surface area contributed by atoms with Crippen molar-refractivity contribution in [3.05, 3.63) is 95.2 Å². The fourth-order valence-electron chi connectivity index (χ4n) is 6.83. The summed E-state index contributed by atoms with van der Waals surface area (Å²) < 4.78 is 5.51. The van der Waals surface area contributed by atoms with Crippen molar-refractivity contribution in [1.82, 2.24) is 14.9 Å². The van der Waals surface area contributed by atoms with Crippen molar-refractivity contribution < 1.29 is 9.53 Å². The topological polar surface area (TPSA) is 112 Å². The van der Waals surface area contributed by atoms with E-state index in [2.05, 4.69) is 43.9 Å². The molecular weight excluding hydrogens is 538 g/mol. The number of hydrogen-bond donors (Lipinski definition) is 0. The number of hydrogen-bond acceptors (Lipinski definition) is 6. The van der Waals surface area contributed by atoms with Crippen LogP contribution in [0.1, 0.15) is 64.0 Å². The lowest BCUT2D eigenvalue weighted by atomic mass is 9.66. The smallest absolute Gasteiger partial charge is 0.411 e. The molecule has 43 heavy (non-hydrogen) atoms.